The molecule has 1 aliphatic heterocycles. The highest BCUT2D eigenvalue weighted by Gasteiger charge is 2.45. The number of nitrogens with zero attached hydrogens (tertiary/aromatic N) is 2. The van der Waals surface area contributed by atoms with Gasteiger partial charge < -0.3 is 9.67 Å². The highest BCUT2D eigenvalue weighted by Crippen LogP contribution is 2.49. The van der Waals surface area contributed by atoms with E-state index in [0.29, 0.717) is 0 Å². The van der Waals surface area contributed by atoms with E-state index in [0.717, 1.165) is 31.4 Å². The molecule has 1 aromatic heterocycles. The Kier molecular flexibility index (Phi) is 1.98. The van der Waals surface area contributed by atoms with Crippen molar-refractivity contribution < 1.29 is 5.11 Å². The van der Waals surface area contributed by atoms with Crippen LogP contribution < -0.4 is 0 Å². The van der Waals surface area contributed by atoms with Crippen LogP contribution in [-0.4, -0.2) is 20.3 Å². The van der Waals surface area contributed by atoms with Gasteiger partial charge in [0.1, 0.15) is 0 Å². The first-order valence-corrected chi connectivity index (χ1v) is 6.63. The quantitative estimate of drug-likeness (QED) is 0.832. The fourth-order valence-electron chi connectivity index (χ4n) is 3.65. The molecule has 0 unspecified atom stereocenters. The number of fused-ring (bicyclic) bond motifs is 3. The van der Waals surface area contributed by atoms with E-state index < -0.39 is 5.60 Å². The molecule has 0 amide bonds. The summed E-state index contributed by atoms with van der Waals surface area (Å²) in [5.74, 6) is 0. The van der Waals surface area contributed by atoms with Gasteiger partial charge in [-0.25, -0.2) is 4.98 Å². The number of rotatable bonds is 1. The standard InChI is InChI=1S/C15H16N2O/c18-15(7-3-4-8-15)14-12-6-2-1-5-11(12)13-9-16-10-17(13)14/h1-2,5-6,9-10,14,18H,3-4,7-8H2/t14-/m0/s1. The third-order valence-electron chi connectivity index (χ3n) is 4.45. The van der Waals surface area contributed by atoms with Crippen LogP contribution in [0.3, 0.4) is 0 Å². The maximum atomic E-state index is 11.0. The zero-order valence-electron chi connectivity index (χ0n) is 10.2. The molecule has 1 aromatic carbocycles. The molecule has 2 aliphatic rings. The van der Waals surface area contributed by atoms with E-state index in [1.807, 2.05) is 12.5 Å². The Morgan fingerprint density at radius 3 is 2.83 bits per heavy atom. The molecule has 2 aromatic rings. The van der Waals surface area contributed by atoms with E-state index in [9.17, 15) is 5.11 Å². The molecule has 0 spiro atoms. The van der Waals surface area contributed by atoms with Crippen LogP contribution in [0.25, 0.3) is 11.3 Å². The Morgan fingerprint density at radius 1 is 1.22 bits per heavy atom. The van der Waals surface area contributed by atoms with Crippen LogP contribution in [0.2, 0.25) is 0 Å². The number of aliphatic hydroxyl groups is 1. The fraction of sp³-hybridized carbons (Fsp3) is 0.400. The summed E-state index contributed by atoms with van der Waals surface area (Å²) in [6.07, 6.45) is 7.79. The number of aromatic nitrogens is 2. The van der Waals surface area contributed by atoms with Crippen molar-refractivity contribution in [3.05, 3.63) is 42.4 Å². The molecule has 0 saturated heterocycles. The van der Waals surface area contributed by atoms with Crippen LogP contribution in [0, 0.1) is 0 Å². The molecule has 18 heavy (non-hydrogen) atoms. The van der Waals surface area contributed by atoms with Crippen LogP contribution in [0.1, 0.15) is 37.3 Å². The van der Waals surface area contributed by atoms with Gasteiger partial charge in [-0.3, -0.25) is 0 Å². The average molecular weight is 240 g/mol. The lowest BCUT2D eigenvalue weighted by molar-refractivity contribution is 0.0112. The minimum Gasteiger partial charge on any atom is -0.387 e. The maximum Gasteiger partial charge on any atom is 0.0957 e. The van der Waals surface area contributed by atoms with Crippen LogP contribution >= 0.6 is 0 Å². The summed E-state index contributed by atoms with van der Waals surface area (Å²) in [5, 5.41) is 11.0. The zero-order chi connectivity index (χ0) is 12.2. The van der Waals surface area contributed by atoms with Crippen molar-refractivity contribution in [3.8, 4) is 11.3 Å². The third-order valence-corrected chi connectivity index (χ3v) is 4.45. The smallest absolute Gasteiger partial charge is 0.0957 e. The van der Waals surface area contributed by atoms with Gasteiger partial charge >= 0.3 is 0 Å². The van der Waals surface area contributed by atoms with Crippen molar-refractivity contribution in [3.63, 3.8) is 0 Å². The van der Waals surface area contributed by atoms with Gasteiger partial charge in [0.2, 0.25) is 0 Å². The first kappa shape index (κ1) is 10.3. The van der Waals surface area contributed by atoms with E-state index in [1.54, 1.807) is 0 Å². The topological polar surface area (TPSA) is 38.1 Å². The second-order valence-corrected chi connectivity index (χ2v) is 5.49. The lowest BCUT2D eigenvalue weighted by atomic mass is 9.87. The second-order valence-electron chi connectivity index (χ2n) is 5.49. The monoisotopic (exact) mass is 240 g/mol. The van der Waals surface area contributed by atoms with Gasteiger partial charge in [-0.2, -0.15) is 0 Å². The van der Waals surface area contributed by atoms with E-state index in [-0.39, 0.29) is 6.04 Å². The van der Waals surface area contributed by atoms with Gasteiger partial charge in [0.05, 0.1) is 29.9 Å². The lowest BCUT2D eigenvalue weighted by Gasteiger charge is -2.31. The van der Waals surface area contributed by atoms with Crippen molar-refractivity contribution in [1.82, 2.24) is 9.55 Å². The molecule has 1 atom stereocenters. The van der Waals surface area contributed by atoms with Gasteiger partial charge in [-0.15, -0.1) is 0 Å². The molecule has 3 nitrogen and oxygen atoms in total. The normalized spacial score (nSPS) is 23.9. The number of imidazole rings is 1. The Labute approximate surface area is 106 Å². The zero-order valence-corrected chi connectivity index (χ0v) is 10.2. The molecule has 1 aliphatic carbocycles. The lowest BCUT2D eigenvalue weighted by Crippen LogP contribution is -2.35. The Bertz CT molecular complexity index is 596. The van der Waals surface area contributed by atoms with Crippen LogP contribution in [0.5, 0.6) is 0 Å². The number of benzene rings is 1. The highest BCUT2D eigenvalue weighted by atomic mass is 16.3. The van der Waals surface area contributed by atoms with Crippen molar-refractivity contribution in [1.29, 1.82) is 0 Å². The second kappa shape index (κ2) is 3.45. The van der Waals surface area contributed by atoms with Crippen molar-refractivity contribution in [2.45, 2.75) is 37.3 Å². The van der Waals surface area contributed by atoms with Gasteiger partial charge in [0.25, 0.3) is 0 Å². The van der Waals surface area contributed by atoms with Crippen molar-refractivity contribution in [2.24, 2.45) is 0 Å². The summed E-state index contributed by atoms with van der Waals surface area (Å²) in [4.78, 5) is 4.25. The summed E-state index contributed by atoms with van der Waals surface area (Å²) in [7, 11) is 0. The average Bonchev–Trinajstić information content (AvgIpc) is 3.04. The van der Waals surface area contributed by atoms with Crippen molar-refractivity contribution >= 4 is 0 Å². The van der Waals surface area contributed by atoms with Gasteiger partial charge in [-0.05, 0) is 18.4 Å². The summed E-state index contributed by atoms with van der Waals surface area (Å²) in [5.41, 5.74) is 3.01. The molecular formula is C15H16N2O. The number of hydrogen-bond donors (Lipinski definition) is 1. The molecule has 1 fully saturated rings. The molecule has 4 rings (SSSR count). The largest absolute Gasteiger partial charge is 0.387 e. The summed E-state index contributed by atoms with van der Waals surface area (Å²) in [6.45, 7) is 0. The summed E-state index contributed by atoms with van der Waals surface area (Å²) in [6, 6.07) is 8.43. The number of hydrogen-bond acceptors (Lipinski definition) is 2. The Balaban J connectivity index is 1.94. The van der Waals surface area contributed by atoms with Crippen LogP contribution in [0.15, 0.2) is 36.8 Å². The Morgan fingerprint density at radius 2 is 2.00 bits per heavy atom. The third kappa shape index (κ3) is 1.20. The minimum atomic E-state index is -0.595. The molecule has 2 heterocycles. The van der Waals surface area contributed by atoms with E-state index in [1.165, 1.54) is 11.1 Å². The van der Waals surface area contributed by atoms with E-state index >= 15 is 0 Å². The molecule has 3 heteroatoms. The first-order chi connectivity index (χ1) is 8.80. The fourth-order valence-corrected chi connectivity index (χ4v) is 3.65. The van der Waals surface area contributed by atoms with Crippen LogP contribution in [0.4, 0.5) is 0 Å². The predicted octanol–water partition coefficient (Wildman–Crippen LogP) is 2.76. The van der Waals surface area contributed by atoms with Gasteiger partial charge in [0.15, 0.2) is 0 Å². The Hall–Kier alpha value is -1.61. The maximum absolute atomic E-state index is 11.0. The van der Waals surface area contributed by atoms with E-state index in [2.05, 4.69) is 33.8 Å². The molecule has 0 bridgehead atoms. The highest BCUT2D eigenvalue weighted by molar-refractivity contribution is 5.69. The minimum absolute atomic E-state index is 0.0497. The molecule has 1 saturated carbocycles. The van der Waals surface area contributed by atoms with Crippen LogP contribution in [-0.2, 0) is 0 Å². The predicted molar refractivity (Wildman–Crippen MR) is 69.2 cm³/mol. The summed E-state index contributed by atoms with van der Waals surface area (Å²) < 4.78 is 2.15. The molecule has 92 valence electrons. The van der Waals surface area contributed by atoms with Gasteiger partial charge in [0, 0.05) is 5.56 Å². The van der Waals surface area contributed by atoms with E-state index in [4.69, 9.17) is 0 Å². The molecule has 0 radical (unpaired) electrons. The first-order valence-electron chi connectivity index (χ1n) is 6.63. The molecular weight excluding hydrogens is 224 g/mol. The SMILES string of the molecule is OC1([C@@H]2c3ccccc3-c3cncn32)CCCC1. The van der Waals surface area contributed by atoms with Gasteiger partial charge in [-0.1, -0.05) is 37.1 Å². The molecule has 1 N–H and O–H groups in total. The summed E-state index contributed by atoms with van der Waals surface area (Å²) >= 11 is 0. The van der Waals surface area contributed by atoms with Crippen molar-refractivity contribution in [2.75, 3.05) is 0 Å².